The third-order valence-electron chi connectivity index (χ3n) is 3.93. The van der Waals surface area contributed by atoms with Crippen molar-refractivity contribution in [2.45, 2.75) is 26.3 Å². The number of nitrogens with zero attached hydrogens (tertiary/aromatic N) is 1. The number of aryl methyl sites for hydroxylation is 1. The molecule has 116 valence electrons. The van der Waals surface area contributed by atoms with Crippen LogP contribution in [0.3, 0.4) is 0 Å². The molecule has 1 atom stereocenters. The molecule has 0 aliphatic carbocycles. The minimum absolute atomic E-state index is 0.00708. The molecule has 21 heavy (non-hydrogen) atoms. The minimum atomic E-state index is 0.00708. The van der Waals surface area contributed by atoms with Crippen molar-refractivity contribution < 1.29 is 9.53 Å². The number of methoxy groups -OCH3 is 1. The van der Waals surface area contributed by atoms with Crippen LogP contribution in [-0.2, 0) is 4.79 Å². The van der Waals surface area contributed by atoms with E-state index in [-0.39, 0.29) is 5.91 Å². The number of carbonyl (C=O) groups is 1. The first-order valence-corrected chi connectivity index (χ1v) is 7.53. The highest BCUT2D eigenvalue weighted by Crippen LogP contribution is 2.25. The van der Waals surface area contributed by atoms with Gasteiger partial charge in [0, 0.05) is 12.6 Å². The van der Waals surface area contributed by atoms with Crippen molar-refractivity contribution in [1.82, 2.24) is 10.2 Å². The normalized spacial score (nSPS) is 18.0. The van der Waals surface area contributed by atoms with Crippen molar-refractivity contribution in [1.29, 1.82) is 0 Å². The highest BCUT2D eigenvalue weighted by molar-refractivity contribution is 5.93. The molecule has 1 amide bonds. The first kappa shape index (κ1) is 15.8. The van der Waals surface area contributed by atoms with E-state index in [0.29, 0.717) is 18.3 Å². The molecule has 2 N–H and O–H groups in total. The zero-order chi connectivity index (χ0) is 15.2. The molecule has 0 aromatic heterocycles. The minimum Gasteiger partial charge on any atom is -0.495 e. The van der Waals surface area contributed by atoms with E-state index in [2.05, 4.69) is 22.5 Å². The van der Waals surface area contributed by atoms with Crippen LogP contribution in [0.5, 0.6) is 5.75 Å². The summed E-state index contributed by atoms with van der Waals surface area (Å²) in [6.07, 6.45) is 1.11. The molecule has 5 nitrogen and oxygen atoms in total. The van der Waals surface area contributed by atoms with Crippen LogP contribution in [0.2, 0.25) is 0 Å². The zero-order valence-corrected chi connectivity index (χ0v) is 13.1. The Balaban J connectivity index is 1.98. The Bertz CT molecular complexity index is 484. The van der Waals surface area contributed by atoms with Crippen LogP contribution < -0.4 is 15.4 Å². The molecule has 0 radical (unpaired) electrons. The number of carbonyl (C=O) groups excluding carboxylic acids is 1. The Hall–Kier alpha value is -1.59. The third kappa shape index (κ3) is 4.19. The van der Waals surface area contributed by atoms with E-state index in [1.807, 2.05) is 25.1 Å². The summed E-state index contributed by atoms with van der Waals surface area (Å²) in [6.45, 7) is 7.39. The van der Waals surface area contributed by atoms with Gasteiger partial charge in [-0.25, -0.2) is 0 Å². The molecule has 1 unspecified atom stereocenters. The first-order valence-electron chi connectivity index (χ1n) is 7.53. The van der Waals surface area contributed by atoms with Gasteiger partial charge in [-0.1, -0.05) is 13.0 Å². The van der Waals surface area contributed by atoms with Gasteiger partial charge in [0.15, 0.2) is 0 Å². The fourth-order valence-corrected chi connectivity index (χ4v) is 2.74. The van der Waals surface area contributed by atoms with Crippen molar-refractivity contribution in [2.75, 3.05) is 38.6 Å². The number of hydrogen-bond acceptors (Lipinski definition) is 4. The number of ether oxygens (including phenoxy) is 1. The molecule has 5 heteroatoms. The van der Waals surface area contributed by atoms with E-state index in [9.17, 15) is 4.79 Å². The van der Waals surface area contributed by atoms with Gasteiger partial charge in [0.2, 0.25) is 5.91 Å². The summed E-state index contributed by atoms with van der Waals surface area (Å²) in [4.78, 5) is 14.5. The third-order valence-corrected chi connectivity index (χ3v) is 3.93. The second kappa shape index (κ2) is 7.43. The molecule has 1 aliphatic heterocycles. The van der Waals surface area contributed by atoms with Gasteiger partial charge < -0.3 is 15.4 Å². The van der Waals surface area contributed by atoms with E-state index in [1.54, 1.807) is 7.11 Å². The van der Waals surface area contributed by atoms with Crippen LogP contribution in [0.4, 0.5) is 5.69 Å². The van der Waals surface area contributed by atoms with Gasteiger partial charge in [-0.05, 0) is 44.1 Å². The molecule has 1 aliphatic rings. The summed E-state index contributed by atoms with van der Waals surface area (Å²) in [7, 11) is 1.61. The van der Waals surface area contributed by atoms with E-state index in [0.717, 1.165) is 37.3 Å². The van der Waals surface area contributed by atoms with Gasteiger partial charge in [0.1, 0.15) is 5.75 Å². The largest absolute Gasteiger partial charge is 0.495 e. The maximum atomic E-state index is 12.3. The molecule has 0 spiro atoms. The lowest BCUT2D eigenvalue weighted by molar-refractivity contribution is -0.117. The maximum absolute atomic E-state index is 12.3. The van der Waals surface area contributed by atoms with Gasteiger partial charge in [-0.3, -0.25) is 9.69 Å². The first-order chi connectivity index (χ1) is 10.1. The summed E-state index contributed by atoms with van der Waals surface area (Å²) >= 11 is 0. The molecule has 0 bridgehead atoms. The number of rotatable bonds is 6. The fourth-order valence-electron chi connectivity index (χ4n) is 2.74. The molecule has 1 saturated heterocycles. The van der Waals surface area contributed by atoms with Crippen LogP contribution >= 0.6 is 0 Å². The maximum Gasteiger partial charge on any atom is 0.238 e. The van der Waals surface area contributed by atoms with Crippen LogP contribution in [0.1, 0.15) is 18.9 Å². The predicted molar refractivity (Wildman–Crippen MR) is 84.9 cm³/mol. The molecule has 1 heterocycles. The summed E-state index contributed by atoms with van der Waals surface area (Å²) in [5.74, 6) is 0.701. The highest BCUT2D eigenvalue weighted by Gasteiger charge is 2.23. The van der Waals surface area contributed by atoms with E-state index >= 15 is 0 Å². The quantitative estimate of drug-likeness (QED) is 0.836. The molecule has 1 fully saturated rings. The van der Waals surface area contributed by atoms with Gasteiger partial charge in [-0.2, -0.15) is 0 Å². The lowest BCUT2D eigenvalue weighted by Crippen LogP contribution is -2.41. The summed E-state index contributed by atoms with van der Waals surface area (Å²) in [6, 6.07) is 6.24. The Kier molecular flexibility index (Phi) is 5.59. The monoisotopic (exact) mass is 291 g/mol. The molecule has 1 aromatic rings. The number of hydrogen-bond donors (Lipinski definition) is 2. The summed E-state index contributed by atoms with van der Waals surface area (Å²) in [5.41, 5.74) is 1.83. The van der Waals surface area contributed by atoms with E-state index < -0.39 is 0 Å². The standard InChI is InChI=1S/C16H25N3O2/c1-4-19(13-7-8-17-10-13)11-16(20)18-14-9-12(2)5-6-15(14)21-3/h5-6,9,13,17H,4,7-8,10-11H2,1-3H3,(H,18,20). The summed E-state index contributed by atoms with van der Waals surface area (Å²) in [5, 5.41) is 6.31. The number of likely N-dealkylation sites (N-methyl/N-ethyl adjacent to an activating group) is 1. The van der Waals surface area contributed by atoms with Gasteiger partial charge >= 0.3 is 0 Å². The summed E-state index contributed by atoms with van der Waals surface area (Å²) < 4.78 is 5.29. The van der Waals surface area contributed by atoms with Crippen LogP contribution in [0, 0.1) is 6.92 Å². The van der Waals surface area contributed by atoms with E-state index in [1.165, 1.54) is 0 Å². The molecular weight excluding hydrogens is 266 g/mol. The van der Waals surface area contributed by atoms with Crippen molar-refractivity contribution in [2.24, 2.45) is 0 Å². The van der Waals surface area contributed by atoms with Crippen LogP contribution in [0.25, 0.3) is 0 Å². The lowest BCUT2D eigenvalue weighted by Gasteiger charge is -2.26. The lowest BCUT2D eigenvalue weighted by atomic mass is 10.2. The number of nitrogens with one attached hydrogen (secondary N) is 2. The van der Waals surface area contributed by atoms with Gasteiger partial charge in [-0.15, -0.1) is 0 Å². The van der Waals surface area contributed by atoms with Crippen molar-refractivity contribution >= 4 is 11.6 Å². The van der Waals surface area contributed by atoms with Crippen molar-refractivity contribution in [3.05, 3.63) is 23.8 Å². The number of anilines is 1. The molecular formula is C16H25N3O2. The van der Waals surface area contributed by atoms with Gasteiger partial charge in [0.05, 0.1) is 19.3 Å². The number of amides is 1. The smallest absolute Gasteiger partial charge is 0.238 e. The Morgan fingerprint density at radius 3 is 2.95 bits per heavy atom. The Labute approximate surface area is 126 Å². The van der Waals surface area contributed by atoms with Crippen LogP contribution in [0.15, 0.2) is 18.2 Å². The molecule has 0 saturated carbocycles. The molecule has 2 rings (SSSR count). The Morgan fingerprint density at radius 2 is 2.33 bits per heavy atom. The predicted octanol–water partition coefficient (Wildman–Crippen LogP) is 1.63. The van der Waals surface area contributed by atoms with Crippen molar-refractivity contribution in [3.8, 4) is 5.75 Å². The van der Waals surface area contributed by atoms with Gasteiger partial charge in [0.25, 0.3) is 0 Å². The number of benzene rings is 1. The van der Waals surface area contributed by atoms with Crippen molar-refractivity contribution in [3.63, 3.8) is 0 Å². The zero-order valence-electron chi connectivity index (χ0n) is 13.1. The second-order valence-electron chi connectivity index (χ2n) is 5.46. The van der Waals surface area contributed by atoms with E-state index in [4.69, 9.17) is 4.74 Å². The second-order valence-corrected chi connectivity index (χ2v) is 5.46. The molecule has 1 aromatic carbocycles. The topological polar surface area (TPSA) is 53.6 Å². The highest BCUT2D eigenvalue weighted by atomic mass is 16.5. The Morgan fingerprint density at radius 1 is 1.52 bits per heavy atom. The SMILES string of the molecule is CCN(CC(=O)Nc1cc(C)ccc1OC)C1CCNC1. The average molecular weight is 291 g/mol. The average Bonchev–Trinajstić information content (AvgIpc) is 2.99. The van der Waals surface area contributed by atoms with Crippen LogP contribution in [-0.4, -0.2) is 50.1 Å². The fraction of sp³-hybridized carbons (Fsp3) is 0.562.